The number of carbonyl (C=O) groups is 1. The average Bonchev–Trinajstić information content (AvgIpc) is 2.14. The Morgan fingerprint density at radius 2 is 2.13 bits per heavy atom. The summed E-state index contributed by atoms with van der Waals surface area (Å²) in [6.07, 6.45) is 0. The number of benzene rings is 1. The Balaban J connectivity index is 2.82. The zero-order valence-corrected chi connectivity index (χ0v) is 10.2. The number of carbonyl (C=O) groups excluding carboxylic acids is 1. The van der Waals surface area contributed by atoms with Gasteiger partial charge in [-0.1, -0.05) is 12.2 Å². The number of rotatable bonds is 4. The Kier molecular flexibility index (Phi) is 4.05. The molecule has 0 saturated carbocycles. The molecule has 0 fully saturated rings. The SMILES string of the molecule is NC(=O)CNc1ccc(C(N)=S)c(Br)c1. The van der Waals surface area contributed by atoms with Crippen LogP contribution in [0.2, 0.25) is 0 Å². The summed E-state index contributed by atoms with van der Waals surface area (Å²) in [5.74, 6) is -0.412. The molecular formula is C9H10BrN3OS. The van der Waals surface area contributed by atoms with Gasteiger partial charge < -0.3 is 16.8 Å². The number of halogens is 1. The molecule has 1 aromatic rings. The van der Waals surface area contributed by atoms with Crippen LogP contribution in [0.15, 0.2) is 22.7 Å². The van der Waals surface area contributed by atoms with Gasteiger partial charge in [-0.25, -0.2) is 0 Å². The van der Waals surface area contributed by atoms with Gasteiger partial charge in [0.25, 0.3) is 0 Å². The van der Waals surface area contributed by atoms with E-state index in [4.69, 9.17) is 23.7 Å². The molecule has 0 aliphatic heterocycles. The fraction of sp³-hybridized carbons (Fsp3) is 0.111. The number of amides is 1. The fourth-order valence-electron chi connectivity index (χ4n) is 1.01. The molecular weight excluding hydrogens is 278 g/mol. The van der Waals surface area contributed by atoms with Crippen LogP contribution in [0, 0.1) is 0 Å². The maximum Gasteiger partial charge on any atom is 0.236 e. The Hall–Kier alpha value is -1.14. The summed E-state index contributed by atoms with van der Waals surface area (Å²) in [5, 5.41) is 2.86. The minimum Gasteiger partial charge on any atom is -0.389 e. The van der Waals surface area contributed by atoms with Crippen molar-refractivity contribution in [1.29, 1.82) is 0 Å². The lowest BCUT2D eigenvalue weighted by molar-refractivity contribution is -0.116. The number of primary amides is 1. The van der Waals surface area contributed by atoms with Gasteiger partial charge in [-0.15, -0.1) is 0 Å². The van der Waals surface area contributed by atoms with Crippen LogP contribution in [0.1, 0.15) is 5.56 Å². The van der Waals surface area contributed by atoms with Gasteiger partial charge >= 0.3 is 0 Å². The minimum absolute atomic E-state index is 0.0961. The molecule has 0 atom stereocenters. The molecule has 0 bridgehead atoms. The molecule has 1 aromatic carbocycles. The molecule has 1 rings (SSSR count). The Morgan fingerprint density at radius 3 is 2.60 bits per heavy atom. The van der Waals surface area contributed by atoms with Crippen molar-refractivity contribution in [3.8, 4) is 0 Å². The highest BCUT2D eigenvalue weighted by molar-refractivity contribution is 9.10. The van der Waals surface area contributed by atoms with E-state index in [-0.39, 0.29) is 6.54 Å². The van der Waals surface area contributed by atoms with Crippen molar-refractivity contribution in [3.05, 3.63) is 28.2 Å². The topological polar surface area (TPSA) is 81.1 Å². The van der Waals surface area contributed by atoms with Gasteiger partial charge in [0.1, 0.15) is 4.99 Å². The third-order valence-corrected chi connectivity index (χ3v) is 2.58. The molecule has 0 spiro atoms. The summed E-state index contributed by atoms with van der Waals surface area (Å²) in [5.41, 5.74) is 12.0. The van der Waals surface area contributed by atoms with Crippen LogP contribution in [-0.4, -0.2) is 17.4 Å². The number of hydrogen-bond acceptors (Lipinski definition) is 3. The van der Waals surface area contributed by atoms with Crippen LogP contribution in [0.5, 0.6) is 0 Å². The second-order valence-corrected chi connectivity index (χ2v) is 4.17. The predicted molar refractivity (Wildman–Crippen MR) is 67.7 cm³/mol. The van der Waals surface area contributed by atoms with Crippen LogP contribution in [-0.2, 0) is 4.79 Å². The molecule has 6 heteroatoms. The van der Waals surface area contributed by atoms with Crippen molar-refractivity contribution in [3.63, 3.8) is 0 Å². The summed E-state index contributed by atoms with van der Waals surface area (Å²) in [6.45, 7) is 0.0961. The lowest BCUT2D eigenvalue weighted by atomic mass is 10.2. The summed E-state index contributed by atoms with van der Waals surface area (Å²) in [7, 11) is 0. The molecule has 0 aliphatic carbocycles. The molecule has 0 saturated heterocycles. The van der Waals surface area contributed by atoms with Gasteiger partial charge in [0, 0.05) is 15.7 Å². The molecule has 0 unspecified atom stereocenters. The summed E-state index contributed by atoms with van der Waals surface area (Å²) >= 11 is 8.18. The molecule has 4 nitrogen and oxygen atoms in total. The average molecular weight is 288 g/mol. The van der Waals surface area contributed by atoms with Gasteiger partial charge in [-0.3, -0.25) is 4.79 Å². The molecule has 0 radical (unpaired) electrons. The van der Waals surface area contributed by atoms with E-state index in [2.05, 4.69) is 21.2 Å². The van der Waals surface area contributed by atoms with Crippen LogP contribution in [0.25, 0.3) is 0 Å². The van der Waals surface area contributed by atoms with Crippen molar-refractivity contribution in [2.24, 2.45) is 11.5 Å². The summed E-state index contributed by atoms with van der Waals surface area (Å²) in [4.78, 5) is 10.9. The van der Waals surface area contributed by atoms with Gasteiger partial charge in [-0.05, 0) is 34.1 Å². The number of nitrogens with two attached hydrogens (primary N) is 2. The van der Waals surface area contributed by atoms with Crippen LogP contribution >= 0.6 is 28.1 Å². The molecule has 1 amide bonds. The quantitative estimate of drug-likeness (QED) is 0.721. The maximum atomic E-state index is 10.5. The fourth-order valence-corrected chi connectivity index (χ4v) is 1.92. The summed E-state index contributed by atoms with van der Waals surface area (Å²) < 4.78 is 0.782. The number of nitrogens with one attached hydrogen (secondary N) is 1. The third-order valence-electron chi connectivity index (χ3n) is 1.70. The van der Waals surface area contributed by atoms with Crippen LogP contribution < -0.4 is 16.8 Å². The van der Waals surface area contributed by atoms with E-state index in [1.165, 1.54) is 0 Å². The standard InChI is InChI=1S/C9H10BrN3OS/c10-7-3-5(13-4-8(11)14)1-2-6(7)9(12)15/h1-3,13H,4H2,(H2,11,14)(H2,12,15). The van der Waals surface area contributed by atoms with E-state index in [1.807, 2.05) is 0 Å². The number of anilines is 1. The lowest BCUT2D eigenvalue weighted by Crippen LogP contribution is -2.21. The second-order valence-electron chi connectivity index (χ2n) is 2.88. The van der Waals surface area contributed by atoms with E-state index in [0.29, 0.717) is 4.99 Å². The highest BCUT2D eigenvalue weighted by Gasteiger charge is 2.04. The second kappa shape index (κ2) is 5.09. The molecule has 5 N–H and O–H groups in total. The van der Waals surface area contributed by atoms with E-state index in [0.717, 1.165) is 15.7 Å². The maximum absolute atomic E-state index is 10.5. The Bertz CT molecular complexity index is 408. The van der Waals surface area contributed by atoms with Gasteiger partial charge in [-0.2, -0.15) is 0 Å². The van der Waals surface area contributed by atoms with E-state index in [9.17, 15) is 4.79 Å². The molecule has 80 valence electrons. The lowest BCUT2D eigenvalue weighted by Gasteiger charge is -2.07. The third kappa shape index (κ3) is 3.49. The van der Waals surface area contributed by atoms with Crippen LogP contribution in [0.3, 0.4) is 0 Å². The Labute approximate surface area is 101 Å². The highest BCUT2D eigenvalue weighted by Crippen LogP contribution is 2.21. The number of thiocarbonyl (C=S) groups is 1. The van der Waals surface area contributed by atoms with E-state index < -0.39 is 5.91 Å². The van der Waals surface area contributed by atoms with Gasteiger partial charge in [0.2, 0.25) is 5.91 Å². The number of hydrogen-bond donors (Lipinski definition) is 3. The van der Waals surface area contributed by atoms with Crippen molar-refractivity contribution >= 4 is 44.7 Å². The molecule has 0 heterocycles. The Morgan fingerprint density at radius 1 is 1.47 bits per heavy atom. The molecule has 15 heavy (non-hydrogen) atoms. The van der Waals surface area contributed by atoms with E-state index >= 15 is 0 Å². The molecule has 0 aliphatic rings. The summed E-state index contributed by atoms with van der Waals surface area (Å²) in [6, 6.07) is 5.34. The van der Waals surface area contributed by atoms with Crippen LogP contribution in [0.4, 0.5) is 5.69 Å². The van der Waals surface area contributed by atoms with Crippen molar-refractivity contribution in [1.82, 2.24) is 0 Å². The first kappa shape index (κ1) is 11.9. The first-order valence-corrected chi connectivity index (χ1v) is 5.32. The highest BCUT2D eigenvalue weighted by atomic mass is 79.9. The van der Waals surface area contributed by atoms with Crippen molar-refractivity contribution < 1.29 is 4.79 Å². The van der Waals surface area contributed by atoms with E-state index in [1.54, 1.807) is 18.2 Å². The van der Waals surface area contributed by atoms with Crippen molar-refractivity contribution in [2.75, 3.05) is 11.9 Å². The first-order valence-electron chi connectivity index (χ1n) is 4.12. The molecule has 0 aromatic heterocycles. The van der Waals surface area contributed by atoms with Crippen molar-refractivity contribution in [2.45, 2.75) is 0 Å². The normalized spacial score (nSPS) is 9.67. The van der Waals surface area contributed by atoms with Gasteiger partial charge in [0.05, 0.1) is 6.54 Å². The largest absolute Gasteiger partial charge is 0.389 e. The monoisotopic (exact) mass is 287 g/mol. The zero-order valence-electron chi connectivity index (χ0n) is 7.79. The minimum atomic E-state index is -0.412. The predicted octanol–water partition coefficient (Wildman–Crippen LogP) is 0.980. The zero-order chi connectivity index (χ0) is 11.4. The smallest absolute Gasteiger partial charge is 0.236 e. The first-order chi connectivity index (χ1) is 7.00. The van der Waals surface area contributed by atoms with Gasteiger partial charge in [0.15, 0.2) is 0 Å².